The molecule has 1 atom stereocenters. The molecule has 0 saturated carbocycles. The van der Waals surface area contributed by atoms with Crippen LogP contribution in [0.1, 0.15) is 19.3 Å². The molecule has 1 heterocycles. The average Bonchev–Trinajstić information content (AvgIpc) is 2.81. The van der Waals surface area contributed by atoms with E-state index in [4.69, 9.17) is 9.47 Å². The number of hydrogen-bond donors (Lipinski definition) is 0. The lowest BCUT2D eigenvalue weighted by Crippen LogP contribution is -2.27. The summed E-state index contributed by atoms with van der Waals surface area (Å²) >= 11 is 0. The van der Waals surface area contributed by atoms with Gasteiger partial charge in [0.25, 0.3) is 0 Å². The molecule has 0 radical (unpaired) electrons. The third-order valence-electron chi connectivity index (χ3n) is 2.94. The highest BCUT2D eigenvalue weighted by molar-refractivity contribution is 7.87. The zero-order chi connectivity index (χ0) is 14.1. The number of alkyl halides is 3. The third-order valence-corrected chi connectivity index (χ3v) is 3.94. The molecule has 19 heavy (non-hydrogen) atoms. The summed E-state index contributed by atoms with van der Waals surface area (Å²) in [5.74, 6) is -0.157. The summed E-state index contributed by atoms with van der Waals surface area (Å²) in [5.41, 5.74) is -5.40. The van der Waals surface area contributed by atoms with Crippen LogP contribution in [0.2, 0.25) is 0 Å². The quantitative estimate of drug-likeness (QED) is 0.588. The molecular formula is C10H13F3O5S. The van der Waals surface area contributed by atoms with Gasteiger partial charge in [0, 0.05) is 12.3 Å². The number of ether oxygens (including phenoxy) is 2. The smallest absolute Gasteiger partial charge is 0.381 e. The van der Waals surface area contributed by atoms with Crippen molar-refractivity contribution >= 4 is 10.1 Å². The summed E-state index contributed by atoms with van der Waals surface area (Å²) in [6.07, 6.45) is 1.93. The van der Waals surface area contributed by atoms with Crippen LogP contribution < -0.4 is 0 Å². The minimum Gasteiger partial charge on any atom is -0.381 e. The zero-order valence-corrected chi connectivity index (χ0v) is 10.7. The number of rotatable bonds is 3. The third kappa shape index (κ3) is 3.40. The van der Waals surface area contributed by atoms with Crippen LogP contribution >= 0.6 is 0 Å². The van der Waals surface area contributed by atoms with Crippen LogP contribution in [0.4, 0.5) is 13.2 Å². The molecule has 1 aliphatic carbocycles. The highest BCUT2D eigenvalue weighted by Crippen LogP contribution is 2.33. The van der Waals surface area contributed by atoms with Crippen LogP contribution in [0.5, 0.6) is 0 Å². The van der Waals surface area contributed by atoms with Crippen LogP contribution in [0.25, 0.3) is 0 Å². The number of halogens is 3. The van der Waals surface area contributed by atoms with E-state index in [2.05, 4.69) is 4.18 Å². The van der Waals surface area contributed by atoms with Gasteiger partial charge in [-0.2, -0.15) is 21.6 Å². The monoisotopic (exact) mass is 302 g/mol. The largest absolute Gasteiger partial charge is 0.534 e. The lowest BCUT2D eigenvalue weighted by atomic mass is 9.93. The number of allylic oxidation sites excluding steroid dienone is 2. The summed E-state index contributed by atoms with van der Waals surface area (Å²) in [7, 11) is -5.56. The van der Waals surface area contributed by atoms with Gasteiger partial charge < -0.3 is 13.7 Å². The molecule has 0 amide bonds. The fourth-order valence-corrected chi connectivity index (χ4v) is 2.52. The van der Waals surface area contributed by atoms with Crippen LogP contribution in [-0.4, -0.2) is 33.4 Å². The molecule has 1 unspecified atom stereocenters. The lowest BCUT2D eigenvalue weighted by molar-refractivity contribution is -0.0866. The van der Waals surface area contributed by atoms with E-state index in [0.29, 0.717) is 26.1 Å². The molecule has 0 aromatic carbocycles. The fraction of sp³-hybridized carbons (Fsp3) is 0.800. The molecule has 110 valence electrons. The molecule has 0 N–H and O–H groups in total. The van der Waals surface area contributed by atoms with Gasteiger partial charge in [-0.3, -0.25) is 0 Å². The predicted octanol–water partition coefficient (Wildman–Crippen LogP) is 1.91. The second-order valence-electron chi connectivity index (χ2n) is 4.30. The Morgan fingerprint density at radius 1 is 1.26 bits per heavy atom. The van der Waals surface area contributed by atoms with Crippen LogP contribution in [-0.2, 0) is 23.8 Å². The van der Waals surface area contributed by atoms with Crippen LogP contribution in [0.3, 0.4) is 0 Å². The van der Waals surface area contributed by atoms with Crippen LogP contribution in [0, 0.1) is 5.92 Å². The van der Waals surface area contributed by atoms with Gasteiger partial charge in [0.15, 0.2) is 6.29 Å². The van der Waals surface area contributed by atoms with Gasteiger partial charge in [-0.25, -0.2) is 0 Å². The molecule has 0 spiro atoms. The zero-order valence-electron chi connectivity index (χ0n) is 9.85. The molecule has 2 rings (SSSR count). The summed E-state index contributed by atoms with van der Waals surface area (Å²) < 4.78 is 72.7. The Labute approximate surface area is 108 Å². The summed E-state index contributed by atoms with van der Waals surface area (Å²) in [4.78, 5) is 0. The van der Waals surface area contributed by atoms with E-state index in [1.165, 1.54) is 6.08 Å². The van der Waals surface area contributed by atoms with Crippen molar-refractivity contribution < 1.29 is 35.2 Å². The van der Waals surface area contributed by atoms with E-state index in [1.807, 2.05) is 0 Å². The van der Waals surface area contributed by atoms with Crippen molar-refractivity contribution in [3.8, 4) is 0 Å². The molecule has 0 bridgehead atoms. The topological polar surface area (TPSA) is 61.8 Å². The normalized spacial score (nSPS) is 26.3. The minimum atomic E-state index is -5.56. The molecule has 0 aromatic rings. The fourth-order valence-electron chi connectivity index (χ4n) is 1.99. The molecule has 1 saturated heterocycles. The first kappa shape index (κ1) is 14.6. The first-order valence-corrected chi connectivity index (χ1v) is 7.13. The van der Waals surface area contributed by atoms with E-state index >= 15 is 0 Å². The Bertz CT molecular complexity index is 450. The van der Waals surface area contributed by atoms with Crippen molar-refractivity contribution in [3.63, 3.8) is 0 Å². The van der Waals surface area contributed by atoms with Crippen molar-refractivity contribution in [2.75, 3.05) is 13.2 Å². The number of hydrogen-bond acceptors (Lipinski definition) is 5. The minimum absolute atomic E-state index is 0.0171. The average molecular weight is 302 g/mol. The van der Waals surface area contributed by atoms with Gasteiger partial charge in [0.05, 0.1) is 13.2 Å². The van der Waals surface area contributed by atoms with E-state index in [-0.39, 0.29) is 24.4 Å². The van der Waals surface area contributed by atoms with E-state index in [0.717, 1.165) is 0 Å². The Morgan fingerprint density at radius 3 is 2.37 bits per heavy atom. The van der Waals surface area contributed by atoms with Crippen molar-refractivity contribution in [2.45, 2.75) is 31.1 Å². The standard InChI is InChI=1S/C10H13F3O5S/c11-10(12,13)19(14,15)18-8-3-1-7(2-4-8)9-16-5-6-17-9/h3,7,9H,1-2,4-6H2. The molecule has 0 aromatic heterocycles. The molecule has 2 aliphatic rings. The van der Waals surface area contributed by atoms with E-state index in [1.54, 1.807) is 0 Å². The molecule has 1 aliphatic heterocycles. The van der Waals surface area contributed by atoms with Crippen LogP contribution in [0.15, 0.2) is 11.8 Å². The van der Waals surface area contributed by atoms with Crippen molar-refractivity contribution in [3.05, 3.63) is 11.8 Å². The van der Waals surface area contributed by atoms with Crippen molar-refractivity contribution in [1.82, 2.24) is 0 Å². The Morgan fingerprint density at radius 2 is 1.89 bits per heavy atom. The second-order valence-corrected chi connectivity index (χ2v) is 5.84. The molecular weight excluding hydrogens is 289 g/mol. The highest BCUT2D eigenvalue weighted by Gasteiger charge is 2.49. The van der Waals surface area contributed by atoms with Gasteiger partial charge in [-0.1, -0.05) is 0 Å². The summed E-state index contributed by atoms with van der Waals surface area (Å²) in [5, 5.41) is 0. The molecule has 5 nitrogen and oxygen atoms in total. The maximum absolute atomic E-state index is 12.1. The van der Waals surface area contributed by atoms with Gasteiger partial charge in [-0.15, -0.1) is 0 Å². The van der Waals surface area contributed by atoms with Gasteiger partial charge in [-0.05, 0) is 18.9 Å². The maximum Gasteiger partial charge on any atom is 0.534 e. The maximum atomic E-state index is 12.1. The first-order chi connectivity index (χ1) is 8.79. The van der Waals surface area contributed by atoms with Crippen molar-refractivity contribution in [1.29, 1.82) is 0 Å². The van der Waals surface area contributed by atoms with Gasteiger partial charge >= 0.3 is 15.6 Å². The highest BCUT2D eigenvalue weighted by atomic mass is 32.2. The first-order valence-electron chi connectivity index (χ1n) is 5.72. The van der Waals surface area contributed by atoms with E-state index in [9.17, 15) is 21.6 Å². The lowest BCUT2D eigenvalue weighted by Gasteiger charge is -2.25. The Hall–Kier alpha value is -0.800. The SMILES string of the molecule is O=S(=O)(OC1=CCC(C2OCCO2)CC1)C(F)(F)F. The van der Waals surface area contributed by atoms with Gasteiger partial charge in [0.1, 0.15) is 5.76 Å². The predicted molar refractivity (Wildman–Crippen MR) is 57.2 cm³/mol. The van der Waals surface area contributed by atoms with Gasteiger partial charge in [0.2, 0.25) is 0 Å². The molecule has 9 heteroatoms. The van der Waals surface area contributed by atoms with Crippen molar-refractivity contribution in [2.24, 2.45) is 5.92 Å². The van der Waals surface area contributed by atoms with E-state index < -0.39 is 15.6 Å². The Balaban J connectivity index is 1.94. The summed E-state index contributed by atoms with van der Waals surface area (Å²) in [6.45, 7) is 0.993. The molecule has 1 fully saturated rings. The Kier molecular flexibility index (Phi) is 4.07. The second kappa shape index (κ2) is 5.29. The summed E-state index contributed by atoms with van der Waals surface area (Å²) in [6, 6.07) is 0.